The molecule has 1 aliphatic heterocycles. The minimum absolute atomic E-state index is 0.0372. The summed E-state index contributed by atoms with van der Waals surface area (Å²) in [5.74, 6) is 0.529. The smallest absolute Gasteiger partial charge is 0.254 e. The SMILES string of the molecule is CC1CN(C(=O)c2cccc(NC(=O)CCOc3ccccc3)c2)CCO1. The number of para-hydroxylation sites is 1. The van der Waals surface area contributed by atoms with Crippen molar-refractivity contribution < 1.29 is 19.1 Å². The van der Waals surface area contributed by atoms with Gasteiger partial charge in [0.1, 0.15) is 5.75 Å². The third kappa shape index (κ3) is 5.56. The summed E-state index contributed by atoms with van der Waals surface area (Å²) >= 11 is 0. The molecule has 1 aliphatic rings. The van der Waals surface area contributed by atoms with Crippen LogP contribution >= 0.6 is 0 Å². The van der Waals surface area contributed by atoms with Gasteiger partial charge in [-0.2, -0.15) is 0 Å². The molecule has 1 N–H and O–H groups in total. The summed E-state index contributed by atoms with van der Waals surface area (Å²) < 4.78 is 11.0. The maximum Gasteiger partial charge on any atom is 0.254 e. The molecule has 27 heavy (non-hydrogen) atoms. The molecule has 142 valence electrons. The van der Waals surface area contributed by atoms with Gasteiger partial charge in [0.2, 0.25) is 5.91 Å². The number of carbonyl (C=O) groups excluding carboxylic acids is 2. The Morgan fingerprint density at radius 3 is 2.78 bits per heavy atom. The summed E-state index contributed by atoms with van der Waals surface area (Å²) in [7, 11) is 0. The largest absolute Gasteiger partial charge is 0.493 e. The van der Waals surface area contributed by atoms with Gasteiger partial charge in [-0.25, -0.2) is 0 Å². The molecule has 1 unspecified atom stereocenters. The van der Waals surface area contributed by atoms with E-state index < -0.39 is 0 Å². The number of nitrogens with zero attached hydrogens (tertiary/aromatic N) is 1. The van der Waals surface area contributed by atoms with Crippen LogP contribution in [0.2, 0.25) is 0 Å². The number of anilines is 1. The van der Waals surface area contributed by atoms with Crippen molar-refractivity contribution in [2.45, 2.75) is 19.4 Å². The molecular formula is C21H24N2O4. The Morgan fingerprint density at radius 2 is 2.00 bits per heavy atom. The summed E-state index contributed by atoms with van der Waals surface area (Å²) in [6, 6.07) is 16.4. The van der Waals surface area contributed by atoms with Crippen molar-refractivity contribution in [1.29, 1.82) is 0 Å². The fourth-order valence-electron chi connectivity index (χ4n) is 2.92. The van der Waals surface area contributed by atoms with Gasteiger partial charge in [0.25, 0.3) is 5.91 Å². The number of nitrogens with one attached hydrogen (secondary N) is 1. The second kappa shape index (κ2) is 9.19. The highest BCUT2D eigenvalue weighted by molar-refractivity contribution is 5.97. The molecule has 0 radical (unpaired) electrons. The van der Waals surface area contributed by atoms with E-state index in [0.29, 0.717) is 37.6 Å². The van der Waals surface area contributed by atoms with E-state index in [-0.39, 0.29) is 24.3 Å². The molecule has 1 heterocycles. The molecular weight excluding hydrogens is 344 g/mol. The molecule has 2 amide bonds. The zero-order valence-corrected chi connectivity index (χ0v) is 15.4. The van der Waals surface area contributed by atoms with Crippen molar-refractivity contribution in [2.24, 2.45) is 0 Å². The Bertz CT molecular complexity index is 779. The highest BCUT2D eigenvalue weighted by Gasteiger charge is 2.22. The van der Waals surface area contributed by atoms with Gasteiger partial charge in [0.15, 0.2) is 0 Å². The standard InChI is InChI=1S/C21H24N2O4/c1-16-15-23(11-13-26-16)21(25)17-6-5-7-18(14-17)22-20(24)10-12-27-19-8-3-2-4-9-19/h2-9,14,16H,10-13,15H2,1H3,(H,22,24). The fourth-order valence-corrected chi connectivity index (χ4v) is 2.92. The first-order valence-corrected chi connectivity index (χ1v) is 9.10. The number of morpholine rings is 1. The Balaban J connectivity index is 1.52. The topological polar surface area (TPSA) is 67.9 Å². The normalized spacial score (nSPS) is 16.6. The van der Waals surface area contributed by atoms with Crippen molar-refractivity contribution in [2.75, 3.05) is 31.6 Å². The van der Waals surface area contributed by atoms with Gasteiger partial charge in [-0.3, -0.25) is 9.59 Å². The van der Waals surface area contributed by atoms with E-state index in [1.165, 1.54) is 0 Å². The maximum atomic E-state index is 12.6. The van der Waals surface area contributed by atoms with Gasteiger partial charge in [-0.1, -0.05) is 24.3 Å². The van der Waals surface area contributed by atoms with Crippen LogP contribution in [0.4, 0.5) is 5.69 Å². The lowest BCUT2D eigenvalue weighted by molar-refractivity contribution is -0.116. The van der Waals surface area contributed by atoms with Crippen LogP contribution in [0.15, 0.2) is 54.6 Å². The first-order valence-electron chi connectivity index (χ1n) is 9.10. The highest BCUT2D eigenvalue weighted by Crippen LogP contribution is 2.15. The molecule has 0 spiro atoms. The minimum atomic E-state index is -0.157. The van der Waals surface area contributed by atoms with E-state index in [2.05, 4.69) is 5.32 Å². The van der Waals surface area contributed by atoms with Crippen molar-refractivity contribution in [1.82, 2.24) is 4.90 Å². The first kappa shape index (κ1) is 18.9. The van der Waals surface area contributed by atoms with Gasteiger partial charge >= 0.3 is 0 Å². The van der Waals surface area contributed by atoms with Gasteiger partial charge < -0.3 is 19.7 Å². The van der Waals surface area contributed by atoms with Crippen LogP contribution in [0.25, 0.3) is 0 Å². The number of amides is 2. The molecule has 1 atom stereocenters. The predicted molar refractivity (Wildman–Crippen MR) is 103 cm³/mol. The van der Waals surface area contributed by atoms with Crippen molar-refractivity contribution in [3.8, 4) is 5.75 Å². The van der Waals surface area contributed by atoms with Gasteiger partial charge in [-0.05, 0) is 37.3 Å². The zero-order chi connectivity index (χ0) is 19.1. The van der Waals surface area contributed by atoms with E-state index in [9.17, 15) is 9.59 Å². The van der Waals surface area contributed by atoms with Crippen molar-refractivity contribution in [3.63, 3.8) is 0 Å². The molecule has 2 aromatic carbocycles. The minimum Gasteiger partial charge on any atom is -0.493 e. The Labute approximate surface area is 159 Å². The van der Waals surface area contributed by atoms with E-state index in [0.717, 1.165) is 5.75 Å². The summed E-state index contributed by atoms with van der Waals surface area (Å²) in [5, 5.41) is 2.82. The summed E-state index contributed by atoms with van der Waals surface area (Å²) in [4.78, 5) is 26.6. The lowest BCUT2D eigenvalue weighted by Gasteiger charge is -2.31. The monoisotopic (exact) mass is 368 g/mol. The van der Waals surface area contributed by atoms with Crippen LogP contribution in [-0.2, 0) is 9.53 Å². The molecule has 0 aromatic heterocycles. The average Bonchev–Trinajstić information content (AvgIpc) is 2.68. The third-order valence-electron chi connectivity index (χ3n) is 4.26. The number of rotatable bonds is 6. The molecule has 6 nitrogen and oxygen atoms in total. The number of ether oxygens (including phenoxy) is 2. The molecule has 6 heteroatoms. The molecule has 1 fully saturated rings. The third-order valence-corrected chi connectivity index (χ3v) is 4.26. The quantitative estimate of drug-likeness (QED) is 0.851. The summed E-state index contributed by atoms with van der Waals surface area (Å²) in [6.07, 6.45) is 0.267. The first-order chi connectivity index (χ1) is 13.1. The van der Waals surface area contributed by atoms with E-state index in [4.69, 9.17) is 9.47 Å². The van der Waals surface area contributed by atoms with Crippen LogP contribution in [0.5, 0.6) is 5.75 Å². The van der Waals surface area contributed by atoms with Gasteiger partial charge in [0, 0.05) is 24.3 Å². The average molecular weight is 368 g/mol. The van der Waals surface area contributed by atoms with Crippen LogP contribution in [-0.4, -0.2) is 49.1 Å². The van der Waals surface area contributed by atoms with Crippen LogP contribution in [0.1, 0.15) is 23.7 Å². The lowest BCUT2D eigenvalue weighted by atomic mass is 10.1. The Hall–Kier alpha value is -2.86. The van der Waals surface area contributed by atoms with Crippen LogP contribution in [0, 0.1) is 0 Å². The number of carbonyl (C=O) groups is 2. The van der Waals surface area contributed by atoms with E-state index >= 15 is 0 Å². The van der Waals surface area contributed by atoms with Crippen LogP contribution in [0.3, 0.4) is 0 Å². The van der Waals surface area contributed by atoms with Crippen molar-refractivity contribution >= 4 is 17.5 Å². The molecule has 1 saturated heterocycles. The molecule has 3 rings (SSSR count). The fraction of sp³-hybridized carbons (Fsp3) is 0.333. The molecule has 0 saturated carbocycles. The highest BCUT2D eigenvalue weighted by atomic mass is 16.5. The number of hydrogen-bond donors (Lipinski definition) is 1. The zero-order valence-electron chi connectivity index (χ0n) is 15.4. The lowest BCUT2D eigenvalue weighted by Crippen LogP contribution is -2.44. The summed E-state index contributed by atoms with van der Waals surface area (Å²) in [5.41, 5.74) is 1.16. The second-order valence-corrected chi connectivity index (χ2v) is 6.47. The van der Waals surface area contributed by atoms with Crippen LogP contribution < -0.4 is 10.1 Å². The summed E-state index contributed by atoms with van der Waals surface area (Å²) in [6.45, 7) is 3.95. The Morgan fingerprint density at radius 1 is 1.19 bits per heavy atom. The maximum absolute atomic E-state index is 12.6. The predicted octanol–water partition coefficient (Wildman–Crippen LogP) is 2.96. The molecule has 0 bridgehead atoms. The second-order valence-electron chi connectivity index (χ2n) is 6.47. The molecule has 2 aromatic rings. The number of hydrogen-bond acceptors (Lipinski definition) is 4. The number of benzene rings is 2. The molecule has 0 aliphatic carbocycles. The van der Waals surface area contributed by atoms with E-state index in [1.807, 2.05) is 37.3 Å². The van der Waals surface area contributed by atoms with E-state index in [1.54, 1.807) is 29.2 Å². The van der Waals surface area contributed by atoms with Crippen molar-refractivity contribution in [3.05, 3.63) is 60.2 Å². The van der Waals surface area contributed by atoms with Gasteiger partial charge in [-0.15, -0.1) is 0 Å². The Kier molecular flexibility index (Phi) is 6.44. The van der Waals surface area contributed by atoms with Gasteiger partial charge in [0.05, 0.1) is 25.7 Å².